The lowest BCUT2D eigenvalue weighted by Gasteiger charge is -2.07. The zero-order chi connectivity index (χ0) is 12.7. The average Bonchev–Trinajstić information content (AvgIpc) is 2.28. The van der Waals surface area contributed by atoms with Gasteiger partial charge in [-0.2, -0.15) is 0 Å². The van der Waals surface area contributed by atoms with Crippen LogP contribution in [0.25, 0.3) is 0 Å². The second-order valence-electron chi connectivity index (χ2n) is 3.15. The maximum absolute atomic E-state index is 12.9. The highest BCUT2D eigenvalue weighted by Crippen LogP contribution is 2.08. The van der Waals surface area contributed by atoms with E-state index in [2.05, 4.69) is 23.8 Å². The smallest absolute Gasteiger partial charge is 0.308 e. The number of urea groups is 1. The van der Waals surface area contributed by atoms with Gasteiger partial charge in [0, 0.05) is 11.4 Å². The number of nitrogens with one attached hydrogen (secondary N) is 2. The Hall–Kier alpha value is -2.36. The van der Waals surface area contributed by atoms with Crippen LogP contribution in [0.15, 0.2) is 61.3 Å². The van der Waals surface area contributed by atoms with Gasteiger partial charge in [-0.15, -0.1) is 0 Å². The van der Waals surface area contributed by atoms with Crippen molar-refractivity contribution in [1.29, 1.82) is 0 Å². The lowest BCUT2D eigenvalue weighted by atomic mass is 10.3. The van der Waals surface area contributed by atoms with Crippen LogP contribution >= 0.6 is 0 Å². The second kappa shape index (κ2) is 6.27. The first-order chi connectivity index (χ1) is 8.15. The molecule has 2 amide bonds. The standard InChI is InChI=1S/C13H13FN2O/c1-3-6-11(4-2)15-13(17)16-12-8-5-7-10(14)9-12/h3-9H,1-2H2,(H2,15,16,17). The molecule has 17 heavy (non-hydrogen) atoms. The van der Waals surface area contributed by atoms with Gasteiger partial charge in [-0.3, -0.25) is 0 Å². The van der Waals surface area contributed by atoms with Gasteiger partial charge in [-0.25, -0.2) is 9.18 Å². The number of carbonyl (C=O) groups excluding carboxylic acids is 1. The van der Waals surface area contributed by atoms with Crippen molar-refractivity contribution in [2.24, 2.45) is 0 Å². The summed E-state index contributed by atoms with van der Waals surface area (Å²) in [7, 11) is 0. The highest BCUT2D eigenvalue weighted by Gasteiger charge is 2.02. The zero-order valence-corrected chi connectivity index (χ0v) is 9.24. The summed E-state index contributed by atoms with van der Waals surface area (Å²) in [5.74, 6) is -0.409. The van der Waals surface area contributed by atoms with Crippen molar-refractivity contribution in [2.45, 2.75) is 0 Å². The molecule has 0 unspecified atom stereocenters. The monoisotopic (exact) mass is 232 g/mol. The van der Waals surface area contributed by atoms with Crippen LogP contribution in [0.5, 0.6) is 0 Å². The lowest BCUT2D eigenvalue weighted by molar-refractivity contribution is 0.254. The minimum atomic E-state index is -0.469. The molecule has 0 saturated carbocycles. The van der Waals surface area contributed by atoms with Gasteiger partial charge in [0.2, 0.25) is 0 Å². The summed E-state index contributed by atoms with van der Waals surface area (Å²) < 4.78 is 12.9. The van der Waals surface area contributed by atoms with Crippen molar-refractivity contribution in [3.8, 4) is 0 Å². The van der Waals surface area contributed by atoms with Gasteiger partial charge >= 0.3 is 6.03 Å². The van der Waals surface area contributed by atoms with Crippen molar-refractivity contribution in [3.05, 3.63) is 67.2 Å². The predicted octanol–water partition coefficient (Wildman–Crippen LogP) is 3.20. The van der Waals surface area contributed by atoms with Crippen LogP contribution in [0.3, 0.4) is 0 Å². The fourth-order valence-corrected chi connectivity index (χ4v) is 1.15. The van der Waals surface area contributed by atoms with E-state index in [9.17, 15) is 9.18 Å². The molecule has 0 bridgehead atoms. The van der Waals surface area contributed by atoms with E-state index in [-0.39, 0.29) is 0 Å². The third-order valence-electron chi connectivity index (χ3n) is 1.86. The van der Waals surface area contributed by atoms with Crippen LogP contribution in [0.2, 0.25) is 0 Å². The Kier molecular flexibility index (Phi) is 4.69. The Morgan fingerprint density at radius 1 is 1.35 bits per heavy atom. The van der Waals surface area contributed by atoms with E-state index in [0.717, 1.165) is 0 Å². The molecule has 0 fully saturated rings. The number of anilines is 1. The minimum Gasteiger partial charge on any atom is -0.308 e. The SMILES string of the molecule is C=CC=C(C=C)NC(=O)Nc1cccc(F)c1. The average molecular weight is 232 g/mol. The quantitative estimate of drug-likeness (QED) is 0.769. The van der Waals surface area contributed by atoms with Crippen LogP contribution in [0.1, 0.15) is 0 Å². The summed E-state index contributed by atoms with van der Waals surface area (Å²) in [5.41, 5.74) is 0.887. The molecule has 0 aliphatic heterocycles. The Bertz CT molecular complexity index is 466. The maximum atomic E-state index is 12.9. The molecule has 0 saturated heterocycles. The van der Waals surface area contributed by atoms with E-state index in [0.29, 0.717) is 11.4 Å². The molecule has 0 aromatic heterocycles. The Morgan fingerprint density at radius 2 is 2.12 bits per heavy atom. The molecule has 1 aromatic rings. The number of hydrogen-bond acceptors (Lipinski definition) is 1. The molecule has 0 spiro atoms. The van der Waals surface area contributed by atoms with Gasteiger partial charge in [0.05, 0.1) is 0 Å². The van der Waals surface area contributed by atoms with Gasteiger partial charge in [0.25, 0.3) is 0 Å². The van der Waals surface area contributed by atoms with Crippen molar-refractivity contribution >= 4 is 11.7 Å². The summed E-state index contributed by atoms with van der Waals surface area (Å²) in [6, 6.07) is 5.16. The molecule has 4 heteroatoms. The molecule has 2 N–H and O–H groups in total. The van der Waals surface area contributed by atoms with Crippen LogP contribution in [0, 0.1) is 5.82 Å². The van der Waals surface area contributed by atoms with Gasteiger partial charge < -0.3 is 10.6 Å². The van der Waals surface area contributed by atoms with E-state index in [1.807, 2.05) is 0 Å². The third-order valence-corrected chi connectivity index (χ3v) is 1.86. The van der Waals surface area contributed by atoms with Crippen LogP contribution < -0.4 is 10.6 Å². The number of benzene rings is 1. The third kappa shape index (κ3) is 4.34. The second-order valence-corrected chi connectivity index (χ2v) is 3.15. The van der Waals surface area contributed by atoms with E-state index < -0.39 is 11.8 Å². The molecule has 0 aliphatic rings. The zero-order valence-electron chi connectivity index (χ0n) is 9.24. The molecule has 1 aromatic carbocycles. The summed E-state index contributed by atoms with van der Waals surface area (Å²) in [4.78, 5) is 11.5. The highest BCUT2D eigenvalue weighted by molar-refractivity contribution is 5.90. The van der Waals surface area contributed by atoms with Crippen molar-refractivity contribution in [1.82, 2.24) is 5.32 Å². The van der Waals surface area contributed by atoms with Crippen LogP contribution in [0.4, 0.5) is 14.9 Å². The summed E-state index contributed by atoms with van der Waals surface area (Å²) >= 11 is 0. The first-order valence-corrected chi connectivity index (χ1v) is 4.94. The Balaban J connectivity index is 2.64. The van der Waals surface area contributed by atoms with Gasteiger partial charge in [-0.05, 0) is 30.4 Å². The molecule has 0 heterocycles. The fourth-order valence-electron chi connectivity index (χ4n) is 1.15. The van der Waals surface area contributed by atoms with E-state index in [4.69, 9.17) is 0 Å². The fraction of sp³-hybridized carbons (Fsp3) is 0. The van der Waals surface area contributed by atoms with Gasteiger partial charge in [0.1, 0.15) is 5.82 Å². The van der Waals surface area contributed by atoms with Crippen molar-refractivity contribution in [3.63, 3.8) is 0 Å². The minimum absolute atomic E-state index is 0.379. The summed E-state index contributed by atoms with van der Waals surface area (Å²) in [6.45, 7) is 7.04. The van der Waals surface area contributed by atoms with Crippen LogP contribution in [-0.2, 0) is 0 Å². The van der Waals surface area contributed by atoms with E-state index in [1.54, 1.807) is 12.1 Å². The van der Waals surface area contributed by atoms with Gasteiger partial charge in [0.15, 0.2) is 0 Å². The number of hydrogen-bond donors (Lipinski definition) is 2. The Labute approximate surface area is 99.3 Å². The number of halogens is 1. The number of carbonyl (C=O) groups is 1. The van der Waals surface area contributed by atoms with E-state index in [1.165, 1.54) is 30.4 Å². The molecule has 0 aliphatic carbocycles. The molecule has 3 nitrogen and oxygen atoms in total. The first kappa shape index (κ1) is 12.7. The van der Waals surface area contributed by atoms with Crippen LogP contribution in [-0.4, -0.2) is 6.03 Å². The topological polar surface area (TPSA) is 41.1 Å². The largest absolute Gasteiger partial charge is 0.323 e. The molecule has 0 atom stereocenters. The Morgan fingerprint density at radius 3 is 2.71 bits per heavy atom. The number of allylic oxidation sites excluding steroid dienone is 3. The highest BCUT2D eigenvalue weighted by atomic mass is 19.1. The summed E-state index contributed by atoms with van der Waals surface area (Å²) in [5, 5.41) is 5.03. The normalized spacial score (nSPS) is 10.5. The van der Waals surface area contributed by atoms with Gasteiger partial charge in [-0.1, -0.05) is 25.3 Å². The number of amides is 2. The first-order valence-electron chi connectivity index (χ1n) is 4.94. The van der Waals surface area contributed by atoms with Crippen molar-refractivity contribution in [2.75, 3.05) is 5.32 Å². The van der Waals surface area contributed by atoms with Crippen molar-refractivity contribution < 1.29 is 9.18 Å². The molecular formula is C13H13FN2O. The maximum Gasteiger partial charge on any atom is 0.323 e. The molecule has 0 radical (unpaired) electrons. The lowest BCUT2D eigenvalue weighted by Crippen LogP contribution is -2.27. The number of rotatable bonds is 4. The molecular weight excluding hydrogens is 219 g/mol. The molecule has 88 valence electrons. The van der Waals surface area contributed by atoms with E-state index >= 15 is 0 Å². The molecule has 1 rings (SSSR count). The summed E-state index contributed by atoms with van der Waals surface area (Å²) in [6.07, 6.45) is 4.60. The predicted molar refractivity (Wildman–Crippen MR) is 67.0 cm³/mol.